The smallest absolute Gasteiger partial charge is 0.276 e. The molecule has 28 heavy (non-hydrogen) atoms. The third-order valence-electron chi connectivity index (χ3n) is 3.70. The van der Waals surface area contributed by atoms with Gasteiger partial charge in [-0.05, 0) is 24.3 Å². The Balaban J connectivity index is 1.54. The van der Waals surface area contributed by atoms with Gasteiger partial charge in [0, 0.05) is 10.4 Å². The van der Waals surface area contributed by atoms with Crippen molar-refractivity contribution in [3.63, 3.8) is 0 Å². The van der Waals surface area contributed by atoms with Crippen LogP contribution in [0, 0.1) is 0 Å². The molecule has 0 atom stereocenters. The van der Waals surface area contributed by atoms with Crippen LogP contribution in [0.2, 0.25) is 10.0 Å². The largest absolute Gasteiger partial charge is 0.482 e. The van der Waals surface area contributed by atoms with Gasteiger partial charge >= 0.3 is 0 Å². The number of amides is 2. The normalized spacial score (nSPS) is 10.5. The van der Waals surface area contributed by atoms with E-state index >= 15 is 0 Å². The number of carbonyl (C=O) groups excluding carboxylic acids is 2. The fourth-order valence-electron chi connectivity index (χ4n) is 2.41. The highest BCUT2D eigenvalue weighted by Gasteiger charge is 2.12. The Morgan fingerprint density at radius 2 is 1.75 bits per heavy atom. The number of ether oxygens (including phenoxy) is 1. The van der Waals surface area contributed by atoms with Crippen molar-refractivity contribution in [1.82, 2.24) is 21.0 Å². The summed E-state index contributed by atoms with van der Waals surface area (Å²) in [6, 6.07) is 11.4. The van der Waals surface area contributed by atoms with Crippen LogP contribution < -0.4 is 21.1 Å². The van der Waals surface area contributed by atoms with Crippen molar-refractivity contribution in [3.8, 4) is 5.75 Å². The van der Waals surface area contributed by atoms with Crippen molar-refractivity contribution in [2.75, 3.05) is 6.61 Å². The van der Waals surface area contributed by atoms with Crippen molar-refractivity contribution in [3.05, 3.63) is 68.6 Å². The van der Waals surface area contributed by atoms with Gasteiger partial charge in [0.1, 0.15) is 5.75 Å². The van der Waals surface area contributed by atoms with Crippen molar-refractivity contribution in [1.29, 1.82) is 0 Å². The Labute approximate surface area is 168 Å². The highest BCUT2D eigenvalue weighted by atomic mass is 35.5. The van der Waals surface area contributed by atoms with E-state index in [-0.39, 0.29) is 29.4 Å². The minimum atomic E-state index is -0.585. The molecule has 2 aromatic carbocycles. The lowest BCUT2D eigenvalue weighted by molar-refractivity contribution is -0.129. The van der Waals surface area contributed by atoms with Gasteiger partial charge in [-0.25, -0.2) is 5.10 Å². The number of fused-ring (bicyclic) bond motifs is 1. The minimum Gasteiger partial charge on any atom is -0.482 e. The van der Waals surface area contributed by atoms with Crippen LogP contribution in [-0.4, -0.2) is 28.6 Å². The van der Waals surface area contributed by atoms with E-state index in [1.807, 2.05) is 0 Å². The molecule has 3 rings (SSSR count). The van der Waals surface area contributed by atoms with Crippen molar-refractivity contribution < 1.29 is 14.3 Å². The molecule has 0 spiro atoms. The van der Waals surface area contributed by atoms with Gasteiger partial charge in [0.15, 0.2) is 6.61 Å². The number of hydrogen-bond donors (Lipinski definition) is 3. The lowest BCUT2D eigenvalue weighted by atomic mass is 10.1. The number of rotatable bonds is 5. The molecule has 3 aromatic rings. The minimum absolute atomic E-state index is 0.137. The van der Waals surface area contributed by atoms with E-state index < -0.39 is 11.8 Å². The molecule has 1 aromatic heterocycles. The van der Waals surface area contributed by atoms with E-state index in [1.165, 1.54) is 12.1 Å². The zero-order valence-corrected chi connectivity index (χ0v) is 15.8. The first kappa shape index (κ1) is 19.7. The van der Waals surface area contributed by atoms with Gasteiger partial charge in [-0.15, -0.1) is 0 Å². The molecule has 144 valence electrons. The van der Waals surface area contributed by atoms with Gasteiger partial charge in [-0.1, -0.05) is 41.4 Å². The maximum atomic E-state index is 12.1. The second kappa shape index (κ2) is 8.73. The standard InChI is InChI=1S/C18H14Cl2N4O4/c19-10-5-6-15(13(20)7-10)28-9-17(26)23-22-16(25)8-14-11-3-1-2-4-12(11)18(27)24-21-14/h1-7H,8-9H2,(H,22,25)(H,23,26)(H,24,27). The topological polar surface area (TPSA) is 113 Å². The van der Waals surface area contributed by atoms with Crippen LogP contribution in [-0.2, 0) is 16.0 Å². The fourth-order valence-corrected chi connectivity index (χ4v) is 2.88. The number of hydrazine groups is 1. The second-order valence-corrected chi connectivity index (χ2v) is 6.53. The molecule has 10 heteroatoms. The van der Waals surface area contributed by atoms with E-state index in [1.54, 1.807) is 30.3 Å². The number of carbonyl (C=O) groups is 2. The Morgan fingerprint density at radius 1 is 1.04 bits per heavy atom. The number of aromatic nitrogens is 2. The van der Waals surface area contributed by atoms with E-state index in [0.717, 1.165) is 0 Å². The molecule has 3 N–H and O–H groups in total. The summed E-state index contributed by atoms with van der Waals surface area (Å²) in [4.78, 5) is 35.7. The summed E-state index contributed by atoms with van der Waals surface area (Å²) in [5.74, 6) is -0.808. The zero-order valence-electron chi connectivity index (χ0n) is 14.3. The van der Waals surface area contributed by atoms with Crippen LogP contribution in [0.25, 0.3) is 10.8 Å². The van der Waals surface area contributed by atoms with Crippen LogP contribution >= 0.6 is 23.2 Å². The van der Waals surface area contributed by atoms with Crippen molar-refractivity contribution in [2.24, 2.45) is 0 Å². The Hall–Kier alpha value is -3.10. The highest BCUT2D eigenvalue weighted by Crippen LogP contribution is 2.27. The van der Waals surface area contributed by atoms with Gasteiger partial charge in [-0.2, -0.15) is 5.10 Å². The van der Waals surface area contributed by atoms with Gasteiger partial charge in [0.25, 0.3) is 11.5 Å². The summed E-state index contributed by atoms with van der Waals surface area (Å²) in [6.07, 6.45) is -0.137. The van der Waals surface area contributed by atoms with Crippen LogP contribution in [0.4, 0.5) is 0 Å². The number of nitrogens with one attached hydrogen (secondary N) is 3. The third-order valence-corrected chi connectivity index (χ3v) is 4.23. The maximum absolute atomic E-state index is 12.1. The molecule has 0 bridgehead atoms. The summed E-state index contributed by atoms with van der Waals surface area (Å²) in [7, 11) is 0. The molecule has 0 fully saturated rings. The predicted molar refractivity (Wildman–Crippen MR) is 104 cm³/mol. The van der Waals surface area contributed by atoms with Gasteiger partial charge in [0.2, 0.25) is 5.91 Å². The summed E-state index contributed by atoms with van der Waals surface area (Å²) in [6.45, 7) is -0.360. The highest BCUT2D eigenvalue weighted by molar-refractivity contribution is 6.35. The summed E-state index contributed by atoms with van der Waals surface area (Å²) in [5.41, 5.74) is 4.54. The number of halogens is 2. The molecule has 0 aliphatic carbocycles. The molecule has 8 nitrogen and oxygen atoms in total. The van der Waals surface area contributed by atoms with Crippen LogP contribution in [0.5, 0.6) is 5.75 Å². The van der Waals surface area contributed by atoms with Gasteiger partial charge in [0.05, 0.1) is 22.5 Å². The maximum Gasteiger partial charge on any atom is 0.276 e. The first-order valence-corrected chi connectivity index (χ1v) is 8.81. The molecule has 0 saturated carbocycles. The Bertz CT molecular complexity index is 1100. The first-order chi connectivity index (χ1) is 13.4. The predicted octanol–water partition coefficient (Wildman–Crippen LogP) is 2.00. The number of nitrogens with zero attached hydrogens (tertiary/aromatic N) is 1. The molecule has 2 amide bonds. The molecule has 0 aliphatic heterocycles. The second-order valence-electron chi connectivity index (χ2n) is 5.68. The fraction of sp³-hybridized carbons (Fsp3) is 0.111. The monoisotopic (exact) mass is 420 g/mol. The number of benzene rings is 2. The molecule has 0 aliphatic rings. The van der Waals surface area contributed by atoms with E-state index in [4.69, 9.17) is 27.9 Å². The molecule has 0 saturated heterocycles. The molecular weight excluding hydrogens is 407 g/mol. The quantitative estimate of drug-likeness (QED) is 0.546. The third kappa shape index (κ3) is 4.79. The number of aromatic amines is 1. The molecule has 1 heterocycles. The lowest BCUT2D eigenvalue weighted by Crippen LogP contribution is -2.44. The van der Waals surface area contributed by atoms with E-state index in [2.05, 4.69) is 21.0 Å². The Kier molecular flexibility index (Phi) is 6.13. The van der Waals surface area contributed by atoms with Crippen LogP contribution in [0.1, 0.15) is 5.69 Å². The van der Waals surface area contributed by atoms with E-state index in [9.17, 15) is 14.4 Å². The molecule has 0 unspecified atom stereocenters. The number of H-pyrrole nitrogens is 1. The summed E-state index contributed by atoms with van der Waals surface area (Å²) >= 11 is 11.7. The van der Waals surface area contributed by atoms with Crippen LogP contribution in [0.3, 0.4) is 0 Å². The van der Waals surface area contributed by atoms with Gasteiger partial charge < -0.3 is 4.74 Å². The first-order valence-electron chi connectivity index (χ1n) is 8.06. The molecule has 0 radical (unpaired) electrons. The van der Waals surface area contributed by atoms with E-state index in [0.29, 0.717) is 21.5 Å². The average Bonchev–Trinajstić information content (AvgIpc) is 2.68. The lowest BCUT2D eigenvalue weighted by Gasteiger charge is -2.10. The molecular formula is C18H14Cl2N4O4. The Morgan fingerprint density at radius 3 is 2.50 bits per heavy atom. The van der Waals surface area contributed by atoms with Crippen LogP contribution in [0.15, 0.2) is 47.3 Å². The summed E-state index contributed by atoms with van der Waals surface area (Å²) in [5, 5.41) is 7.95. The van der Waals surface area contributed by atoms with Gasteiger partial charge in [-0.3, -0.25) is 25.2 Å². The van der Waals surface area contributed by atoms with Crippen molar-refractivity contribution >= 4 is 45.8 Å². The summed E-state index contributed by atoms with van der Waals surface area (Å²) < 4.78 is 5.27. The van der Waals surface area contributed by atoms with Crippen molar-refractivity contribution in [2.45, 2.75) is 6.42 Å². The SMILES string of the molecule is O=C(COc1ccc(Cl)cc1Cl)NNC(=O)Cc1n[nH]c(=O)c2ccccc12. The zero-order chi connectivity index (χ0) is 20.1. The average molecular weight is 421 g/mol. The number of hydrogen-bond acceptors (Lipinski definition) is 5.